The van der Waals surface area contributed by atoms with Crippen molar-refractivity contribution in [2.75, 3.05) is 0 Å². The molecule has 4 nitrogen and oxygen atoms in total. The molecule has 1 fully saturated rings. The highest BCUT2D eigenvalue weighted by molar-refractivity contribution is 7.09. The van der Waals surface area contributed by atoms with Gasteiger partial charge in [-0.2, -0.15) is 0 Å². The number of hydrogen-bond donors (Lipinski definition) is 2. The van der Waals surface area contributed by atoms with E-state index in [0.717, 1.165) is 30.0 Å². The van der Waals surface area contributed by atoms with E-state index in [4.69, 9.17) is 5.11 Å². The summed E-state index contributed by atoms with van der Waals surface area (Å²) >= 11 is 1.68. The van der Waals surface area contributed by atoms with Crippen LogP contribution in [-0.2, 0) is 0 Å². The molecule has 0 aliphatic heterocycles. The zero-order valence-corrected chi connectivity index (χ0v) is 9.38. The van der Waals surface area contributed by atoms with E-state index in [1.165, 1.54) is 0 Å². The number of hydrogen-bond acceptors (Lipinski definition) is 3. The van der Waals surface area contributed by atoms with Gasteiger partial charge in [-0.1, -0.05) is 0 Å². The predicted molar refractivity (Wildman–Crippen MR) is 58.4 cm³/mol. The highest BCUT2D eigenvalue weighted by Gasteiger charge is 2.28. The second kappa shape index (κ2) is 4.18. The average molecular weight is 226 g/mol. The number of carboxylic acid groups (broad SMARTS) is 1. The molecule has 1 aliphatic carbocycles. The Kier molecular flexibility index (Phi) is 2.90. The summed E-state index contributed by atoms with van der Waals surface area (Å²) in [4.78, 5) is 14.9. The molecule has 2 N–H and O–H groups in total. The number of nitrogens with zero attached hydrogens (tertiary/aromatic N) is 1. The van der Waals surface area contributed by atoms with Crippen molar-refractivity contribution in [1.82, 2.24) is 10.3 Å². The fourth-order valence-corrected chi connectivity index (χ4v) is 3.02. The molecule has 0 radical (unpaired) electrons. The van der Waals surface area contributed by atoms with Crippen molar-refractivity contribution in [3.05, 3.63) is 16.1 Å². The summed E-state index contributed by atoms with van der Waals surface area (Å²) in [5.41, 5.74) is 1.06. The van der Waals surface area contributed by atoms with Crippen LogP contribution in [0.4, 0.5) is 4.79 Å². The molecule has 0 bridgehead atoms. The van der Waals surface area contributed by atoms with Gasteiger partial charge in [0.1, 0.15) is 0 Å². The van der Waals surface area contributed by atoms with Gasteiger partial charge in [0.15, 0.2) is 0 Å². The maximum atomic E-state index is 10.5. The minimum atomic E-state index is -0.920. The first-order valence-corrected chi connectivity index (χ1v) is 5.94. The van der Waals surface area contributed by atoms with Gasteiger partial charge in [-0.25, -0.2) is 9.78 Å². The molecule has 1 heterocycles. The lowest BCUT2D eigenvalue weighted by atomic mass is 10.1. The van der Waals surface area contributed by atoms with E-state index in [1.807, 2.05) is 12.3 Å². The third-order valence-electron chi connectivity index (χ3n) is 2.75. The molecule has 1 aliphatic rings. The largest absolute Gasteiger partial charge is 0.465 e. The maximum absolute atomic E-state index is 10.5. The highest BCUT2D eigenvalue weighted by Crippen LogP contribution is 2.35. The first kappa shape index (κ1) is 10.4. The summed E-state index contributed by atoms with van der Waals surface area (Å²) in [6.45, 7) is 1.99. The van der Waals surface area contributed by atoms with Gasteiger partial charge in [0.2, 0.25) is 0 Å². The number of aryl methyl sites for hydroxylation is 1. The molecule has 0 spiro atoms. The lowest BCUT2D eigenvalue weighted by molar-refractivity contribution is 0.190. The molecule has 1 aromatic heterocycles. The van der Waals surface area contributed by atoms with Gasteiger partial charge in [0.05, 0.1) is 5.01 Å². The Hall–Kier alpha value is -1.10. The monoisotopic (exact) mass is 226 g/mol. The number of carbonyl (C=O) groups is 1. The summed E-state index contributed by atoms with van der Waals surface area (Å²) in [7, 11) is 0. The molecular weight excluding hydrogens is 212 g/mol. The van der Waals surface area contributed by atoms with Gasteiger partial charge in [-0.05, 0) is 26.2 Å². The molecule has 0 aromatic carbocycles. The van der Waals surface area contributed by atoms with Crippen molar-refractivity contribution < 1.29 is 9.90 Å². The lowest BCUT2D eigenvalue weighted by Crippen LogP contribution is -2.31. The van der Waals surface area contributed by atoms with Gasteiger partial charge in [-0.3, -0.25) is 0 Å². The molecule has 1 amide bonds. The van der Waals surface area contributed by atoms with Crippen molar-refractivity contribution in [1.29, 1.82) is 0 Å². The molecule has 2 rings (SSSR count). The van der Waals surface area contributed by atoms with E-state index in [0.29, 0.717) is 5.92 Å². The van der Waals surface area contributed by atoms with Crippen LogP contribution >= 0.6 is 11.3 Å². The number of nitrogens with one attached hydrogen (secondary N) is 1. The molecule has 2 atom stereocenters. The zero-order chi connectivity index (χ0) is 10.8. The summed E-state index contributed by atoms with van der Waals surface area (Å²) in [5.74, 6) is 0.445. The van der Waals surface area contributed by atoms with Crippen molar-refractivity contribution >= 4 is 17.4 Å². The first-order valence-electron chi connectivity index (χ1n) is 5.06. The minimum Gasteiger partial charge on any atom is -0.465 e. The molecule has 0 unspecified atom stereocenters. The van der Waals surface area contributed by atoms with E-state index in [-0.39, 0.29) is 6.04 Å². The standard InChI is InChI=1S/C10H14N2O2S/c1-6-5-15-9(11-6)7-2-3-8(4-7)12-10(13)14/h5,7-8,12H,2-4H2,1H3,(H,13,14)/t7-,8-/m1/s1. The maximum Gasteiger partial charge on any atom is 0.404 e. The molecule has 82 valence electrons. The van der Waals surface area contributed by atoms with Crippen LogP contribution in [0.2, 0.25) is 0 Å². The Morgan fingerprint density at radius 1 is 1.67 bits per heavy atom. The van der Waals surface area contributed by atoms with Crippen LogP contribution < -0.4 is 5.32 Å². The van der Waals surface area contributed by atoms with Gasteiger partial charge in [-0.15, -0.1) is 11.3 Å². The number of aromatic nitrogens is 1. The van der Waals surface area contributed by atoms with Gasteiger partial charge >= 0.3 is 6.09 Å². The third-order valence-corrected chi connectivity index (χ3v) is 3.87. The summed E-state index contributed by atoms with van der Waals surface area (Å²) in [5, 5.41) is 14.4. The van der Waals surface area contributed by atoms with E-state index in [1.54, 1.807) is 11.3 Å². The average Bonchev–Trinajstić information content (AvgIpc) is 2.72. The normalized spacial score (nSPS) is 25.4. The van der Waals surface area contributed by atoms with Crippen LogP contribution in [0.3, 0.4) is 0 Å². The Morgan fingerprint density at radius 3 is 3.07 bits per heavy atom. The number of thiazole rings is 1. The fraction of sp³-hybridized carbons (Fsp3) is 0.600. The lowest BCUT2D eigenvalue weighted by Gasteiger charge is -2.09. The summed E-state index contributed by atoms with van der Waals surface area (Å²) in [6, 6.07) is 0.108. The Labute approximate surface area is 92.3 Å². The summed E-state index contributed by atoms with van der Waals surface area (Å²) < 4.78 is 0. The van der Waals surface area contributed by atoms with E-state index in [9.17, 15) is 4.79 Å². The van der Waals surface area contributed by atoms with E-state index < -0.39 is 6.09 Å². The van der Waals surface area contributed by atoms with Crippen LogP contribution in [0.5, 0.6) is 0 Å². The van der Waals surface area contributed by atoms with Crippen LogP contribution in [0, 0.1) is 6.92 Å². The molecule has 5 heteroatoms. The van der Waals surface area contributed by atoms with E-state index in [2.05, 4.69) is 10.3 Å². The molecular formula is C10H14N2O2S. The topological polar surface area (TPSA) is 62.2 Å². The van der Waals surface area contributed by atoms with Crippen LogP contribution in [0.25, 0.3) is 0 Å². The van der Waals surface area contributed by atoms with Gasteiger partial charge < -0.3 is 10.4 Å². The molecule has 15 heavy (non-hydrogen) atoms. The van der Waals surface area contributed by atoms with Crippen molar-refractivity contribution in [3.63, 3.8) is 0 Å². The Morgan fingerprint density at radius 2 is 2.47 bits per heavy atom. The van der Waals surface area contributed by atoms with Crippen LogP contribution in [0.15, 0.2) is 5.38 Å². The quantitative estimate of drug-likeness (QED) is 0.813. The third kappa shape index (κ3) is 2.47. The van der Waals surface area contributed by atoms with Gasteiger partial charge in [0, 0.05) is 23.0 Å². The predicted octanol–water partition coefficient (Wildman–Crippen LogP) is 2.36. The van der Waals surface area contributed by atoms with Gasteiger partial charge in [0.25, 0.3) is 0 Å². The SMILES string of the molecule is Cc1csc([C@@H]2CC[C@@H](NC(=O)O)C2)n1. The fourth-order valence-electron chi connectivity index (χ4n) is 2.07. The zero-order valence-electron chi connectivity index (χ0n) is 8.56. The second-order valence-corrected chi connectivity index (χ2v) is 4.87. The Bertz CT molecular complexity index is 364. The second-order valence-electron chi connectivity index (χ2n) is 3.98. The smallest absolute Gasteiger partial charge is 0.404 e. The van der Waals surface area contributed by atoms with Crippen molar-refractivity contribution in [3.8, 4) is 0 Å². The molecule has 1 saturated carbocycles. The minimum absolute atomic E-state index is 0.108. The highest BCUT2D eigenvalue weighted by atomic mass is 32.1. The van der Waals surface area contributed by atoms with Crippen molar-refractivity contribution in [2.24, 2.45) is 0 Å². The molecule has 0 saturated heterocycles. The van der Waals surface area contributed by atoms with E-state index >= 15 is 0 Å². The number of rotatable bonds is 2. The van der Waals surface area contributed by atoms with Crippen molar-refractivity contribution in [2.45, 2.75) is 38.1 Å². The first-order chi connectivity index (χ1) is 7.15. The Balaban J connectivity index is 1.95. The van der Waals surface area contributed by atoms with Crippen LogP contribution in [-0.4, -0.2) is 22.2 Å². The number of amides is 1. The summed E-state index contributed by atoms with van der Waals surface area (Å²) in [6.07, 6.45) is 1.93. The van der Waals surface area contributed by atoms with Crippen LogP contribution in [0.1, 0.15) is 35.9 Å². The molecule has 1 aromatic rings.